The van der Waals surface area contributed by atoms with Crippen LogP contribution in [0.4, 0.5) is 0 Å². The van der Waals surface area contributed by atoms with Crippen LogP contribution < -0.4 is 0 Å². The zero-order chi connectivity index (χ0) is 18.4. The van der Waals surface area contributed by atoms with Gasteiger partial charge in [0.25, 0.3) is 11.7 Å². The van der Waals surface area contributed by atoms with Crippen LogP contribution in [0.5, 0.6) is 0 Å². The molecule has 1 N–H and O–H groups in total. The molecule has 0 bridgehead atoms. The minimum Gasteiger partial charge on any atom is -0.385 e. The van der Waals surface area contributed by atoms with Gasteiger partial charge in [-0.05, 0) is 36.8 Å². The van der Waals surface area contributed by atoms with Crippen molar-refractivity contribution in [1.82, 2.24) is 24.5 Å². The van der Waals surface area contributed by atoms with Crippen LogP contribution in [0, 0.1) is 11.8 Å². The van der Waals surface area contributed by atoms with Gasteiger partial charge in [0.15, 0.2) is 0 Å². The van der Waals surface area contributed by atoms with E-state index >= 15 is 0 Å². The van der Waals surface area contributed by atoms with Crippen LogP contribution >= 0.6 is 0 Å². The van der Waals surface area contributed by atoms with Crippen molar-refractivity contribution in [2.24, 2.45) is 11.8 Å². The number of carbonyl (C=O) groups is 1. The average molecular weight is 363 g/mol. The van der Waals surface area contributed by atoms with Crippen molar-refractivity contribution in [1.29, 1.82) is 0 Å². The van der Waals surface area contributed by atoms with Crippen LogP contribution in [0.2, 0.25) is 0 Å². The van der Waals surface area contributed by atoms with Crippen LogP contribution in [0.3, 0.4) is 0 Å². The molecule has 3 heterocycles. The first kappa shape index (κ1) is 16.4. The van der Waals surface area contributed by atoms with Crippen molar-refractivity contribution in [2.75, 3.05) is 13.1 Å². The van der Waals surface area contributed by atoms with Crippen molar-refractivity contribution in [3.8, 4) is 0 Å². The highest BCUT2D eigenvalue weighted by Crippen LogP contribution is 2.48. The third kappa shape index (κ3) is 2.61. The smallest absolute Gasteiger partial charge is 0.293 e. The summed E-state index contributed by atoms with van der Waals surface area (Å²) in [7, 11) is 0. The second-order valence-electron chi connectivity index (χ2n) is 7.56. The summed E-state index contributed by atoms with van der Waals surface area (Å²) < 4.78 is 1.51. The summed E-state index contributed by atoms with van der Waals surface area (Å²) in [6.07, 6.45) is 6.08. The Morgan fingerprint density at radius 2 is 2.04 bits per heavy atom. The van der Waals surface area contributed by atoms with Crippen LogP contribution in [0.25, 0.3) is 5.78 Å². The molecule has 1 aromatic carbocycles. The molecule has 1 aliphatic carbocycles. The monoisotopic (exact) mass is 363 g/mol. The Morgan fingerprint density at radius 3 is 2.85 bits per heavy atom. The summed E-state index contributed by atoms with van der Waals surface area (Å²) in [5, 5.41) is 15.8. The van der Waals surface area contributed by atoms with E-state index in [0.717, 1.165) is 24.8 Å². The van der Waals surface area contributed by atoms with Gasteiger partial charge in [-0.3, -0.25) is 4.79 Å². The summed E-state index contributed by atoms with van der Waals surface area (Å²) >= 11 is 0. The number of rotatable bonds is 2. The Labute approximate surface area is 156 Å². The minimum absolute atomic E-state index is 0.0350. The summed E-state index contributed by atoms with van der Waals surface area (Å²) in [5.74, 6) is 0.718. The molecule has 1 saturated carbocycles. The van der Waals surface area contributed by atoms with E-state index in [1.54, 1.807) is 23.4 Å². The molecule has 2 aliphatic rings. The normalized spacial score (nSPS) is 27.7. The third-order valence-corrected chi connectivity index (χ3v) is 6.06. The summed E-state index contributed by atoms with van der Waals surface area (Å²) in [6, 6.07) is 11.6. The average Bonchev–Trinajstić information content (AvgIpc) is 3.33. The fourth-order valence-corrected chi connectivity index (χ4v) is 4.74. The van der Waals surface area contributed by atoms with E-state index in [2.05, 4.69) is 15.1 Å². The highest BCUT2D eigenvalue weighted by molar-refractivity contribution is 5.91. The summed E-state index contributed by atoms with van der Waals surface area (Å²) in [5.41, 5.74) is 0.0664. The van der Waals surface area contributed by atoms with Crippen molar-refractivity contribution >= 4 is 11.7 Å². The third-order valence-electron chi connectivity index (χ3n) is 6.06. The Bertz CT molecular complexity index is 955. The van der Waals surface area contributed by atoms with Crippen molar-refractivity contribution in [3.63, 3.8) is 0 Å². The zero-order valence-corrected chi connectivity index (χ0v) is 14.9. The van der Waals surface area contributed by atoms with Gasteiger partial charge in [-0.1, -0.05) is 30.3 Å². The molecule has 2 fully saturated rings. The molecule has 2 aromatic heterocycles. The number of aliphatic hydroxyl groups is 1. The van der Waals surface area contributed by atoms with Gasteiger partial charge in [-0.2, -0.15) is 4.98 Å². The van der Waals surface area contributed by atoms with Crippen LogP contribution in [-0.2, 0) is 5.60 Å². The van der Waals surface area contributed by atoms with E-state index in [0.29, 0.717) is 24.8 Å². The minimum atomic E-state index is -0.882. The van der Waals surface area contributed by atoms with Gasteiger partial charge in [0.2, 0.25) is 5.82 Å². The molecule has 0 radical (unpaired) electrons. The van der Waals surface area contributed by atoms with Gasteiger partial charge in [0.1, 0.15) is 0 Å². The van der Waals surface area contributed by atoms with Crippen molar-refractivity contribution in [3.05, 3.63) is 60.2 Å². The first-order valence-corrected chi connectivity index (χ1v) is 9.40. The molecular weight excluding hydrogens is 342 g/mol. The van der Waals surface area contributed by atoms with E-state index in [-0.39, 0.29) is 17.6 Å². The molecule has 3 atom stereocenters. The predicted molar refractivity (Wildman–Crippen MR) is 97.9 cm³/mol. The predicted octanol–water partition coefficient (Wildman–Crippen LogP) is 1.88. The maximum Gasteiger partial charge on any atom is 0.293 e. The van der Waals surface area contributed by atoms with E-state index < -0.39 is 5.60 Å². The van der Waals surface area contributed by atoms with Gasteiger partial charge in [-0.25, -0.2) is 9.50 Å². The molecule has 1 amide bonds. The maximum atomic E-state index is 13.0. The number of nitrogens with zero attached hydrogens (tertiary/aromatic N) is 5. The lowest BCUT2D eigenvalue weighted by Gasteiger charge is -2.41. The van der Waals surface area contributed by atoms with Gasteiger partial charge in [0, 0.05) is 31.4 Å². The Hall–Kier alpha value is -2.80. The first-order chi connectivity index (χ1) is 13.1. The number of hydrogen-bond donors (Lipinski definition) is 1. The molecule has 7 heteroatoms. The Balaban J connectivity index is 1.43. The fourth-order valence-electron chi connectivity index (χ4n) is 4.74. The van der Waals surface area contributed by atoms with E-state index in [1.165, 1.54) is 4.52 Å². The van der Waals surface area contributed by atoms with Gasteiger partial charge in [0.05, 0.1) is 5.60 Å². The Morgan fingerprint density at radius 1 is 1.19 bits per heavy atom. The van der Waals surface area contributed by atoms with E-state index in [4.69, 9.17) is 0 Å². The number of hydrogen-bond acceptors (Lipinski definition) is 5. The Kier molecular flexibility index (Phi) is 3.72. The second kappa shape index (κ2) is 6.13. The summed E-state index contributed by atoms with van der Waals surface area (Å²) in [4.78, 5) is 23.2. The zero-order valence-electron chi connectivity index (χ0n) is 14.9. The molecule has 27 heavy (non-hydrogen) atoms. The molecule has 1 saturated heterocycles. The van der Waals surface area contributed by atoms with E-state index in [1.807, 2.05) is 30.3 Å². The highest BCUT2D eigenvalue weighted by Gasteiger charge is 2.50. The lowest BCUT2D eigenvalue weighted by molar-refractivity contribution is -0.0644. The van der Waals surface area contributed by atoms with E-state index in [9.17, 15) is 9.90 Å². The molecule has 7 nitrogen and oxygen atoms in total. The lowest BCUT2D eigenvalue weighted by atomic mass is 9.67. The second-order valence-corrected chi connectivity index (χ2v) is 7.56. The fraction of sp³-hybridized carbons (Fsp3) is 0.400. The number of fused-ring (bicyclic) bond motifs is 2. The van der Waals surface area contributed by atoms with Gasteiger partial charge < -0.3 is 10.0 Å². The molecule has 3 aromatic rings. The number of amides is 1. The van der Waals surface area contributed by atoms with Crippen molar-refractivity contribution < 1.29 is 9.90 Å². The number of benzene rings is 1. The maximum absolute atomic E-state index is 13.0. The number of carbonyl (C=O) groups excluding carboxylic acids is 1. The van der Waals surface area contributed by atoms with Crippen molar-refractivity contribution in [2.45, 2.75) is 24.9 Å². The number of aromatic nitrogens is 4. The highest BCUT2D eigenvalue weighted by atomic mass is 16.3. The largest absolute Gasteiger partial charge is 0.385 e. The molecule has 0 unspecified atom stereocenters. The SMILES string of the molecule is O=C(c1nc2ncccn2n1)N1C[C@H]2CCC[C@](O)(c3ccccc3)[C@H]2C1. The first-order valence-electron chi connectivity index (χ1n) is 9.40. The molecule has 0 spiro atoms. The molecular formula is C20H21N5O2. The topological polar surface area (TPSA) is 83.6 Å². The van der Waals surface area contributed by atoms with Crippen LogP contribution in [0.15, 0.2) is 48.8 Å². The summed E-state index contributed by atoms with van der Waals surface area (Å²) in [6.45, 7) is 1.17. The quantitative estimate of drug-likeness (QED) is 0.752. The molecule has 5 rings (SSSR count). The van der Waals surface area contributed by atoms with Crippen LogP contribution in [0.1, 0.15) is 35.4 Å². The molecule has 1 aliphatic heterocycles. The molecule has 138 valence electrons. The van der Waals surface area contributed by atoms with Gasteiger partial charge in [-0.15, -0.1) is 5.10 Å². The van der Waals surface area contributed by atoms with Gasteiger partial charge >= 0.3 is 0 Å². The van der Waals surface area contributed by atoms with Crippen LogP contribution in [-0.4, -0.2) is 48.6 Å². The lowest BCUT2D eigenvalue weighted by Crippen LogP contribution is -2.43. The number of likely N-dealkylation sites (tertiary alicyclic amines) is 1. The standard InChI is InChI=1S/C20H21N5O2/c26-18(17-22-19-21-10-5-11-25(19)23-17)24-12-14-6-4-9-20(27,16(14)13-24)15-7-2-1-3-8-15/h1-3,5,7-8,10-11,14,16,27H,4,6,9,12-13H2/t14-,16+,20+/m1/s1.